The molecule has 0 aliphatic heterocycles. The average Bonchev–Trinajstić information content (AvgIpc) is 2.29. The van der Waals surface area contributed by atoms with Crippen molar-refractivity contribution in [3.8, 4) is 0 Å². The van der Waals surface area contributed by atoms with Crippen LogP contribution in [0.1, 0.15) is 64.7 Å². The Bertz CT molecular complexity index is 146. The van der Waals surface area contributed by atoms with Gasteiger partial charge in [-0.2, -0.15) is 0 Å². The summed E-state index contributed by atoms with van der Waals surface area (Å²) in [6.45, 7) is 6.17. The average molecular weight is 228 g/mol. The molecule has 0 amide bonds. The lowest BCUT2D eigenvalue weighted by molar-refractivity contribution is 0.121. The van der Waals surface area contributed by atoms with Crippen LogP contribution in [0.5, 0.6) is 0 Å². The van der Waals surface area contributed by atoms with Crippen LogP contribution in [0.2, 0.25) is 0 Å². The maximum atomic E-state index is 8.66. The Labute approximate surface area is 101 Å². The largest absolute Gasteiger partial charge is 0.499 e. The summed E-state index contributed by atoms with van der Waals surface area (Å²) in [6.07, 6.45) is 12.5. The molecule has 2 heteroatoms. The van der Waals surface area contributed by atoms with Crippen LogP contribution >= 0.6 is 0 Å². The van der Waals surface area contributed by atoms with Gasteiger partial charge in [0.25, 0.3) is 0 Å². The van der Waals surface area contributed by atoms with Crippen LogP contribution in [-0.2, 0) is 4.74 Å². The Kier molecular flexibility index (Phi) is 12.2. The van der Waals surface area contributed by atoms with E-state index in [1.54, 1.807) is 6.26 Å². The molecular formula is C14H28O2. The highest BCUT2D eigenvalue weighted by Crippen LogP contribution is 2.14. The second kappa shape index (κ2) is 12.6. The fraction of sp³-hybridized carbons (Fsp3) is 0.857. The van der Waals surface area contributed by atoms with Gasteiger partial charge in [-0.15, -0.1) is 0 Å². The van der Waals surface area contributed by atoms with E-state index in [9.17, 15) is 0 Å². The molecule has 0 spiro atoms. The summed E-state index contributed by atoms with van der Waals surface area (Å²) < 4.78 is 5.51. The molecule has 0 aromatic carbocycles. The van der Waals surface area contributed by atoms with E-state index < -0.39 is 0 Å². The molecule has 96 valence electrons. The van der Waals surface area contributed by atoms with Gasteiger partial charge >= 0.3 is 0 Å². The monoisotopic (exact) mass is 228 g/mol. The second-order valence-electron chi connectivity index (χ2n) is 4.35. The molecule has 0 saturated heterocycles. The highest BCUT2D eigenvalue weighted by atomic mass is 16.5. The lowest BCUT2D eigenvalue weighted by atomic mass is 10.0. The molecule has 0 aromatic heterocycles. The highest BCUT2D eigenvalue weighted by molar-refractivity contribution is 4.63. The van der Waals surface area contributed by atoms with Crippen LogP contribution in [0.15, 0.2) is 12.8 Å². The first-order valence-electron chi connectivity index (χ1n) is 6.72. The van der Waals surface area contributed by atoms with Gasteiger partial charge in [-0.05, 0) is 32.1 Å². The predicted octanol–water partition coefficient (Wildman–Crippen LogP) is 4.04. The van der Waals surface area contributed by atoms with E-state index in [2.05, 4.69) is 13.5 Å². The summed E-state index contributed by atoms with van der Waals surface area (Å²) in [4.78, 5) is 0. The smallest absolute Gasteiger partial charge is 0.0978 e. The molecule has 0 aromatic rings. The Morgan fingerprint density at radius 1 is 1.06 bits per heavy atom. The third-order valence-electron chi connectivity index (χ3n) is 2.85. The van der Waals surface area contributed by atoms with Crippen molar-refractivity contribution in [3.05, 3.63) is 12.8 Å². The summed E-state index contributed by atoms with van der Waals surface area (Å²) in [7, 11) is 0. The van der Waals surface area contributed by atoms with Gasteiger partial charge in [0.2, 0.25) is 0 Å². The fourth-order valence-corrected chi connectivity index (χ4v) is 1.88. The molecule has 0 aliphatic carbocycles. The molecule has 0 heterocycles. The molecule has 0 saturated carbocycles. The summed E-state index contributed by atoms with van der Waals surface area (Å²) in [5, 5.41) is 8.66. The minimum absolute atomic E-state index is 0.323. The third kappa shape index (κ3) is 10.0. The summed E-state index contributed by atoms with van der Waals surface area (Å²) in [6, 6.07) is 0. The van der Waals surface area contributed by atoms with Crippen molar-refractivity contribution in [1.82, 2.24) is 0 Å². The number of hydrogen-bond acceptors (Lipinski definition) is 2. The van der Waals surface area contributed by atoms with Crippen molar-refractivity contribution in [1.29, 1.82) is 0 Å². The van der Waals surface area contributed by atoms with Crippen LogP contribution in [0.25, 0.3) is 0 Å². The minimum Gasteiger partial charge on any atom is -0.499 e. The van der Waals surface area contributed by atoms with Gasteiger partial charge in [0, 0.05) is 6.61 Å². The van der Waals surface area contributed by atoms with Crippen LogP contribution in [-0.4, -0.2) is 17.8 Å². The van der Waals surface area contributed by atoms with Crippen molar-refractivity contribution in [2.45, 2.75) is 70.8 Å². The molecule has 0 bridgehead atoms. The normalized spacial score (nSPS) is 12.4. The van der Waals surface area contributed by atoms with Gasteiger partial charge in [-0.3, -0.25) is 0 Å². The van der Waals surface area contributed by atoms with Gasteiger partial charge in [-0.1, -0.05) is 39.2 Å². The first kappa shape index (κ1) is 15.5. The van der Waals surface area contributed by atoms with Gasteiger partial charge < -0.3 is 9.84 Å². The lowest BCUT2D eigenvalue weighted by Crippen LogP contribution is -2.09. The molecule has 0 rings (SSSR count). The quantitative estimate of drug-likeness (QED) is 0.403. The summed E-state index contributed by atoms with van der Waals surface area (Å²) >= 11 is 0. The van der Waals surface area contributed by atoms with E-state index in [0.717, 1.165) is 25.7 Å². The van der Waals surface area contributed by atoms with E-state index in [-0.39, 0.29) is 0 Å². The SMILES string of the molecule is C=COC(CCCCC)CCCCCCO. The Morgan fingerprint density at radius 2 is 1.69 bits per heavy atom. The van der Waals surface area contributed by atoms with Crippen molar-refractivity contribution < 1.29 is 9.84 Å². The number of aliphatic hydroxyl groups excluding tert-OH is 1. The predicted molar refractivity (Wildman–Crippen MR) is 69.4 cm³/mol. The van der Waals surface area contributed by atoms with E-state index in [0.29, 0.717) is 12.7 Å². The van der Waals surface area contributed by atoms with Crippen LogP contribution < -0.4 is 0 Å². The topological polar surface area (TPSA) is 29.5 Å². The zero-order valence-electron chi connectivity index (χ0n) is 10.8. The molecule has 16 heavy (non-hydrogen) atoms. The fourth-order valence-electron chi connectivity index (χ4n) is 1.88. The van der Waals surface area contributed by atoms with Gasteiger partial charge in [0.05, 0.1) is 12.4 Å². The number of ether oxygens (including phenoxy) is 1. The van der Waals surface area contributed by atoms with E-state index in [1.807, 2.05) is 0 Å². The standard InChI is InChI=1S/C14H28O2/c1-3-5-8-11-14(16-4-2)12-9-6-7-10-13-15/h4,14-15H,2-3,5-13H2,1H3. The van der Waals surface area contributed by atoms with Crippen LogP contribution in [0.3, 0.4) is 0 Å². The van der Waals surface area contributed by atoms with Crippen LogP contribution in [0, 0.1) is 0 Å². The minimum atomic E-state index is 0.323. The third-order valence-corrected chi connectivity index (χ3v) is 2.85. The number of unbranched alkanes of at least 4 members (excludes halogenated alkanes) is 5. The van der Waals surface area contributed by atoms with Crippen molar-refractivity contribution in [2.24, 2.45) is 0 Å². The van der Waals surface area contributed by atoms with Crippen molar-refractivity contribution in [2.75, 3.05) is 6.61 Å². The summed E-state index contributed by atoms with van der Waals surface area (Å²) in [5.74, 6) is 0. The summed E-state index contributed by atoms with van der Waals surface area (Å²) in [5.41, 5.74) is 0. The molecule has 0 fully saturated rings. The first-order chi connectivity index (χ1) is 7.85. The number of hydrogen-bond donors (Lipinski definition) is 1. The zero-order chi connectivity index (χ0) is 12.1. The van der Waals surface area contributed by atoms with Gasteiger partial charge in [-0.25, -0.2) is 0 Å². The Balaban J connectivity index is 3.47. The maximum Gasteiger partial charge on any atom is 0.0978 e. The number of aliphatic hydroxyl groups is 1. The van der Waals surface area contributed by atoms with Crippen molar-refractivity contribution in [3.63, 3.8) is 0 Å². The molecule has 2 nitrogen and oxygen atoms in total. The molecule has 1 unspecified atom stereocenters. The Morgan fingerprint density at radius 3 is 2.25 bits per heavy atom. The first-order valence-corrected chi connectivity index (χ1v) is 6.72. The molecule has 0 radical (unpaired) electrons. The molecule has 1 N–H and O–H groups in total. The molecule has 0 aliphatic rings. The van der Waals surface area contributed by atoms with E-state index in [4.69, 9.17) is 9.84 Å². The van der Waals surface area contributed by atoms with Crippen molar-refractivity contribution >= 4 is 0 Å². The molecule has 1 atom stereocenters. The maximum absolute atomic E-state index is 8.66. The zero-order valence-corrected chi connectivity index (χ0v) is 10.8. The number of rotatable bonds is 12. The Hall–Kier alpha value is -0.500. The van der Waals surface area contributed by atoms with Gasteiger partial charge in [0.1, 0.15) is 0 Å². The van der Waals surface area contributed by atoms with Gasteiger partial charge in [0.15, 0.2) is 0 Å². The van der Waals surface area contributed by atoms with E-state index >= 15 is 0 Å². The van der Waals surface area contributed by atoms with Crippen LogP contribution in [0.4, 0.5) is 0 Å². The molecular weight excluding hydrogens is 200 g/mol. The highest BCUT2D eigenvalue weighted by Gasteiger charge is 2.07. The lowest BCUT2D eigenvalue weighted by Gasteiger charge is -2.16. The van der Waals surface area contributed by atoms with E-state index in [1.165, 1.54) is 32.1 Å². The second-order valence-corrected chi connectivity index (χ2v) is 4.35.